The molecule has 0 amide bonds. The number of aliphatic imine (C=N–C) groups is 1. The van der Waals surface area contributed by atoms with E-state index >= 15 is 0 Å². The first-order valence-corrected chi connectivity index (χ1v) is 6.52. The molecule has 3 N–H and O–H groups in total. The molecular weight excluding hydrogens is 202 g/mol. The Labute approximate surface area is 84.7 Å². The molecule has 82 valence electrons. The molecule has 1 aliphatic rings. The highest BCUT2D eigenvalue weighted by Gasteiger charge is 2.27. The van der Waals surface area contributed by atoms with Gasteiger partial charge in [-0.1, -0.05) is 0 Å². The first-order valence-electron chi connectivity index (χ1n) is 4.70. The van der Waals surface area contributed by atoms with Gasteiger partial charge in [0, 0.05) is 13.6 Å². The summed E-state index contributed by atoms with van der Waals surface area (Å²) in [7, 11) is -1.34. The van der Waals surface area contributed by atoms with Gasteiger partial charge in [-0.05, 0) is 18.8 Å². The van der Waals surface area contributed by atoms with Crippen LogP contribution in [0.2, 0.25) is 0 Å². The third-order valence-electron chi connectivity index (χ3n) is 2.15. The van der Waals surface area contributed by atoms with E-state index in [-0.39, 0.29) is 11.7 Å². The first kappa shape index (κ1) is 11.3. The standard InChI is InChI=1S/C8H17N3O2S/c1-10-8(9)11-4-5-14(12,13)6-7-2-3-7/h7H,2-6H2,1H3,(H3,9,10,11). The maximum atomic E-state index is 11.4. The van der Waals surface area contributed by atoms with E-state index in [0.29, 0.717) is 18.2 Å². The summed E-state index contributed by atoms with van der Waals surface area (Å²) in [6.07, 6.45) is 2.12. The van der Waals surface area contributed by atoms with Crippen LogP contribution in [0.4, 0.5) is 0 Å². The number of rotatable bonds is 5. The number of hydrogen-bond donors (Lipinski definition) is 2. The summed E-state index contributed by atoms with van der Waals surface area (Å²) >= 11 is 0. The Morgan fingerprint density at radius 1 is 1.57 bits per heavy atom. The lowest BCUT2D eigenvalue weighted by Crippen LogP contribution is -2.35. The SMILES string of the molecule is CN=C(N)NCCS(=O)(=O)CC1CC1. The van der Waals surface area contributed by atoms with Crippen LogP contribution in [-0.4, -0.2) is 39.5 Å². The fourth-order valence-electron chi connectivity index (χ4n) is 1.14. The molecule has 1 saturated carbocycles. The van der Waals surface area contributed by atoms with Gasteiger partial charge in [0.1, 0.15) is 0 Å². The van der Waals surface area contributed by atoms with Crippen molar-refractivity contribution in [2.24, 2.45) is 16.6 Å². The van der Waals surface area contributed by atoms with E-state index in [9.17, 15) is 8.42 Å². The zero-order valence-corrected chi connectivity index (χ0v) is 9.18. The maximum absolute atomic E-state index is 11.4. The van der Waals surface area contributed by atoms with Crippen molar-refractivity contribution in [2.45, 2.75) is 12.8 Å². The lowest BCUT2D eigenvalue weighted by atomic mass is 10.5. The average molecular weight is 219 g/mol. The van der Waals surface area contributed by atoms with Gasteiger partial charge in [0.15, 0.2) is 15.8 Å². The normalized spacial score (nSPS) is 18.2. The second-order valence-electron chi connectivity index (χ2n) is 3.59. The summed E-state index contributed by atoms with van der Waals surface area (Å²) in [4.78, 5) is 3.67. The molecule has 0 atom stereocenters. The Hall–Kier alpha value is -0.780. The van der Waals surface area contributed by atoms with Gasteiger partial charge in [-0.25, -0.2) is 8.42 Å². The number of nitrogens with two attached hydrogens (primary N) is 1. The molecule has 1 aliphatic carbocycles. The van der Waals surface area contributed by atoms with Crippen LogP contribution in [0.15, 0.2) is 4.99 Å². The Morgan fingerprint density at radius 3 is 2.71 bits per heavy atom. The second-order valence-corrected chi connectivity index (χ2v) is 5.82. The largest absolute Gasteiger partial charge is 0.370 e. The van der Waals surface area contributed by atoms with E-state index in [1.165, 1.54) is 0 Å². The summed E-state index contributed by atoms with van der Waals surface area (Å²) in [5.74, 6) is 1.17. The topological polar surface area (TPSA) is 84.5 Å². The van der Waals surface area contributed by atoms with Gasteiger partial charge in [0.2, 0.25) is 0 Å². The molecule has 14 heavy (non-hydrogen) atoms. The lowest BCUT2D eigenvalue weighted by molar-refractivity contribution is 0.591. The smallest absolute Gasteiger partial charge is 0.188 e. The van der Waals surface area contributed by atoms with Gasteiger partial charge in [-0.3, -0.25) is 4.99 Å². The summed E-state index contributed by atoms with van der Waals surface area (Å²) < 4.78 is 22.9. The molecule has 5 nitrogen and oxygen atoms in total. The van der Waals surface area contributed by atoms with Crippen LogP contribution in [0.3, 0.4) is 0 Å². The van der Waals surface area contributed by atoms with Gasteiger partial charge in [0.25, 0.3) is 0 Å². The first-order chi connectivity index (χ1) is 6.53. The molecule has 0 heterocycles. The van der Waals surface area contributed by atoms with Crippen molar-refractivity contribution in [1.82, 2.24) is 5.32 Å². The molecule has 0 saturated heterocycles. The van der Waals surface area contributed by atoms with E-state index in [1.54, 1.807) is 7.05 Å². The minimum absolute atomic E-state index is 0.139. The predicted octanol–water partition coefficient (Wildman–Crippen LogP) is -0.655. The minimum atomic E-state index is -2.90. The molecule has 0 aromatic carbocycles. The highest BCUT2D eigenvalue weighted by Crippen LogP contribution is 2.30. The Bertz CT molecular complexity index is 307. The fraction of sp³-hybridized carbons (Fsp3) is 0.875. The Kier molecular flexibility index (Phi) is 3.74. The quantitative estimate of drug-likeness (QED) is 0.475. The molecular formula is C8H17N3O2S. The Balaban J connectivity index is 2.21. The van der Waals surface area contributed by atoms with E-state index in [2.05, 4.69) is 10.3 Å². The van der Waals surface area contributed by atoms with E-state index < -0.39 is 9.84 Å². The van der Waals surface area contributed by atoms with Crippen LogP contribution < -0.4 is 11.1 Å². The molecule has 0 aromatic rings. The van der Waals surface area contributed by atoms with Crippen molar-refractivity contribution >= 4 is 15.8 Å². The summed E-state index contributed by atoms with van der Waals surface area (Å²) in [5, 5.41) is 2.73. The number of nitrogens with zero attached hydrogens (tertiary/aromatic N) is 1. The van der Waals surface area contributed by atoms with Gasteiger partial charge in [-0.15, -0.1) is 0 Å². The van der Waals surface area contributed by atoms with Gasteiger partial charge >= 0.3 is 0 Å². The van der Waals surface area contributed by atoms with Crippen LogP contribution in [0.5, 0.6) is 0 Å². The molecule has 6 heteroatoms. The van der Waals surface area contributed by atoms with E-state index in [0.717, 1.165) is 12.8 Å². The number of nitrogens with one attached hydrogen (secondary N) is 1. The van der Waals surface area contributed by atoms with E-state index in [4.69, 9.17) is 5.73 Å². The zero-order valence-electron chi connectivity index (χ0n) is 8.36. The van der Waals surface area contributed by atoms with Crippen LogP contribution in [-0.2, 0) is 9.84 Å². The van der Waals surface area contributed by atoms with Crippen molar-refractivity contribution in [2.75, 3.05) is 25.1 Å². The van der Waals surface area contributed by atoms with Gasteiger partial charge in [-0.2, -0.15) is 0 Å². The van der Waals surface area contributed by atoms with Crippen molar-refractivity contribution in [3.8, 4) is 0 Å². The van der Waals surface area contributed by atoms with Crippen LogP contribution in [0.1, 0.15) is 12.8 Å². The fourth-order valence-corrected chi connectivity index (χ4v) is 2.77. The van der Waals surface area contributed by atoms with Gasteiger partial charge in [0.05, 0.1) is 11.5 Å². The number of sulfone groups is 1. The second kappa shape index (κ2) is 4.63. The third-order valence-corrected chi connectivity index (χ3v) is 3.95. The molecule has 0 aliphatic heterocycles. The highest BCUT2D eigenvalue weighted by molar-refractivity contribution is 7.91. The van der Waals surface area contributed by atoms with Crippen molar-refractivity contribution in [3.05, 3.63) is 0 Å². The van der Waals surface area contributed by atoms with Crippen LogP contribution >= 0.6 is 0 Å². The predicted molar refractivity (Wildman–Crippen MR) is 56.9 cm³/mol. The number of hydrogen-bond acceptors (Lipinski definition) is 3. The number of guanidine groups is 1. The molecule has 1 fully saturated rings. The van der Waals surface area contributed by atoms with Gasteiger partial charge < -0.3 is 11.1 Å². The summed E-state index contributed by atoms with van der Waals surface area (Å²) in [6.45, 7) is 0.345. The molecule has 0 spiro atoms. The lowest BCUT2D eigenvalue weighted by Gasteiger charge is -2.05. The maximum Gasteiger partial charge on any atom is 0.188 e. The molecule has 0 radical (unpaired) electrons. The van der Waals surface area contributed by atoms with Crippen LogP contribution in [0, 0.1) is 5.92 Å². The summed E-state index contributed by atoms with van der Waals surface area (Å²) in [5.41, 5.74) is 5.36. The monoisotopic (exact) mass is 219 g/mol. The highest BCUT2D eigenvalue weighted by atomic mass is 32.2. The van der Waals surface area contributed by atoms with E-state index in [1.807, 2.05) is 0 Å². The molecule has 0 unspecified atom stereocenters. The average Bonchev–Trinajstić information content (AvgIpc) is 2.86. The zero-order chi connectivity index (χ0) is 10.6. The molecule has 0 bridgehead atoms. The van der Waals surface area contributed by atoms with Crippen LogP contribution in [0.25, 0.3) is 0 Å². The molecule has 0 aromatic heterocycles. The van der Waals surface area contributed by atoms with Crippen molar-refractivity contribution < 1.29 is 8.42 Å². The molecule has 1 rings (SSSR count). The summed E-state index contributed by atoms with van der Waals surface area (Å²) in [6, 6.07) is 0. The van der Waals surface area contributed by atoms with Crippen molar-refractivity contribution in [3.63, 3.8) is 0 Å². The van der Waals surface area contributed by atoms with Crippen molar-refractivity contribution in [1.29, 1.82) is 0 Å². The third kappa shape index (κ3) is 4.45. The minimum Gasteiger partial charge on any atom is -0.370 e. The Morgan fingerprint density at radius 2 is 2.21 bits per heavy atom.